The molecule has 3 aromatic carbocycles. The molecule has 1 atom stereocenters. The second-order valence-corrected chi connectivity index (χ2v) is 8.93. The molecule has 1 aliphatic rings. The Morgan fingerprint density at radius 1 is 1.00 bits per heavy atom. The molecule has 1 N–H and O–H groups in total. The highest BCUT2D eigenvalue weighted by Crippen LogP contribution is 2.32. The Hall–Kier alpha value is -4.04. The van der Waals surface area contributed by atoms with Crippen LogP contribution in [0.25, 0.3) is 6.08 Å². The Labute approximate surface area is 208 Å². The fraction of sp³-hybridized carbons (Fsp3) is 0.148. The predicted molar refractivity (Wildman–Crippen MR) is 141 cm³/mol. The average Bonchev–Trinajstić information content (AvgIpc) is 3.19. The van der Waals surface area contributed by atoms with Crippen molar-refractivity contribution >= 4 is 46.2 Å². The fourth-order valence-electron chi connectivity index (χ4n) is 3.47. The van der Waals surface area contributed by atoms with E-state index in [0.717, 1.165) is 5.56 Å². The lowest BCUT2D eigenvalue weighted by Gasteiger charge is -2.20. The number of anilines is 2. The molecule has 3 aromatic rings. The number of rotatable bonds is 7. The molecule has 0 aliphatic carbocycles. The molecular formula is C27H25N3O4S. The van der Waals surface area contributed by atoms with Crippen molar-refractivity contribution < 1.29 is 19.1 Å². The number of methoxy groups -OCH3 is 2. The number of hydrogen-bond acceptors (Lipinski definition) is 6. The van der Waals surface area contributed by atoms with Crippen LogP contribution in [0, 0.1) is 0 Å². The van der Waals surface area contributed by atoms with Crippen LogP contribution in [0.2, 0.25) is 0 Å². The van der Waals surface area contributed by atoms with Crippen molar-refractivity contribution in [3.8, 4) is 11.5 Å². The molecule has 0 aromatic heterocycles. The van der Waals surface area contributed by atoms with Crippen LogP contribution in [0.4, 0.5) is 11.4 Å². The van der Waals surface area contributed by atoms with E-state index in [1.54, 1.807) is 51.5 Å². The van der Waals surface area contributed by atoms with Gasteiger partial charge in [-0.05, 0) is 43.3 Å². The number of ether oxygens (including phenoxy) is 2. The molecule has 2 amide bonds. The molecule has 0 fully saturated rings. The zero-order valence-electron chi connectivity index (χ0n) is 19.6. The van der Waals surface area contributed by atoms with E-state index in [1.807, 2.05) is 54.6 Å². The Balaban J connectivity index is 1.61. The highest BCUT2D eigenvalue weighted by Gasteiger charge is 2.34. The van der Waals surface area contributed by atoms with Gasteiger partial charge in [0.15, 0.2) is 5.17 Å². The summed E-state index contributed by atoms with van der Waals surface area (Å²) >= 11 is 1.22. The SMILES string of the molecule is COc1cccc(NC(=O)C(C)SC2=N/C(=C/c3ccccc3OC)C(=O)N2c2ccccc2)c1. The summed E-state index contributed by atoms with van der Waals surface area (Å²) in [6, 6.07) is 23.8. The molecular weight excluding hydrogens is 462 g/mol. The topological polar surface area (TPSA) is 80.2 Å². The summed E-state index contributed by atoms with van der Waals surface area (Å²) < 4.78 is 10.6. The minimum atomic E-state index is -0.524. The number of carbonyl (C=O) groups is 2. The van der Waals surface area contributed by atoms with Gasteiger partial charge in [0.05, 0.1) is 25.2 Å². The van der Waals surface area contributed by atoms with Crippen molar-refractivity contribution in [2.24, 2.45) is 4.99 Å². The number of nitrogens with zero attached hydrogens (tertiary/aromatic N) is 2. The largest absolute Gasteiger partial charge is 0.497 e. The second-order valence-electron chi connectivity index (χ2n) is 7.62. The monoisotopic (exact) mass is 487 g/mol. The zero-order chi connectivity index (χ0) is 24.8. The van der Waals surface area contributed by atoms with E-state index >= 15 is 0 Å². The number of benzene rings is 3. The van der Waals surface area contributed by atoms with Gasteiger partial charge >= 0.3 is 0 Å². The molecule has 8 heteroatoms. The Morgan fingerprint density at radius 3 is 2.49 bits per heavy atom. The molecule has 1 unspecified atom stereocenters. The highest BCUT2D eigenvalue weighted by atomic mass is 32.2. The summed E-state index contributed by atoms with van der Waals surface area (Å²) in [5.74, 6) is 0.801. The van der Waals surface area contributed by atoms with Crippen LogP contribution < -0.4 is 19.7 Å². The summed E-state index contributed by atoms with van der Waals surface area (Å²) in [5.41, 5.74) is 2.31. The van der Waals surface area contributed by atoms with Crippen molar-refractivity contribution in [2.75, 3.05) is 24.4 Å². The van der Waals surface area contributed by atoms with E-state index in [0.29, 0.717) is 28.0 Å². The van der Waals surface area contributed by atoms with Crippen LogP contribution in [0.5, 0.6) is 11.5 Å². The van der Waals surface area contributed by atoms with Gasteiger partial charge in [0.2, 0.25) is 5.91 Å². The third-order valence-corrected chi connectivity index (χ3v) is 6.32. The molecule has 0 radical (unpaired) electrons. The number of hydrogen-bond donors (Lipinski definition) is 1. The van der Waals surface area contributed by atoms with Gasteiger partial charge < -0.3 is 14.8 Å². The van der Waals surface area contributed by atoms with Gasteiger partial charge in [0.25, 0.3) is 5.91 Å². The van der Waals surface area contributed by atoms with Gasteiger partial charge in [-0.1, -0.05) is 54.2 Å². The van der Waals surface area contributed by atoms with Crippen molar-refractivity contribution in [2.45, 2.75) is 12.2 Å². The van der Waals surface area contributed by atoms with E-state index in [4.69, 9.17) is 9.47 Å². The number of amides is 2. The average molecular weight is 488 g/mol. The third kappa shape index (κ3) is 5.55. The number of carbonyl (C=O) groups excluding carboxylic acids is 2. The molecule has 0 spiro atoms. The van der Waals surface area contributed by atoms with Gasteiger partial charge in [-0.25, -0.2) is 4.99 Å². The molecule has 1 heterocycles. The molecule has 35 heavy (non-hydrogen) atoms. The van der Waals surface area contributed by atoms with E-state index in [1.165, 1.54) is 16.7 Å². The number of amidine groups is 1. The number of aliphatic imine (C=N–C) groups is 1. The maximum Gasteiger partial charge on any atom is 0.283 e. The molecule has 0 saturated carbocycles. The molecule has 4 rings (SSSR count). The van der Waals surface area contributed by atoms with Gasteiger partial charge in [0, 0.05) is 17.3 Å². The normalized spacial score (nSPS) is 15.1. The summed E-state index contributed by atoms with van der Waals surface area (Å²) in [7, 11) is 3.15. The van der Waals surface area contributed by atoms with Crippen LogP contribution in [-0.2, 0) is 9.59 Å². The lowest BCUT2D eigenvalue weighted by atomic mass is 10.1. The van der Waals surface area contributed by atoms with Crippen LogP contribution in [-0.4, -0.2) is 36.5 Å². The molecule has 178 valence electrons. The first-order chi connectivity index (χ1) is 17.0. The van der Waals surface area contributed by atoms with Crippen LogP contribution in [0.3, 0.4) is 0 Å². The van der Waals surface area contributed by atoms with E-state index in [2.05, 4.69) is 10.3 Å². The standard InChI is InChI=1S/C27H25N3O4S/c1-18(25(31)28-20-11-9-14-22(17-20)33-2)35-27-29-23(16-19-10-7-8-15-24(19)34-3)26(32)30(27)21-12-5-4-6-13-21/h4-18H,1-3H3,(H,28,31)/b23-16+. The quantitative estimate of drug-likeness (QED) is 0.463. The first-order valence-corrected chi connectivity index (χ1v) is 11.8. The van der Waals surface area contributed by atoms with Crippen molar-refractivity contribution in [3.05, 3.63) is 90.1 Å². The first kappa shape index (κ1) is 24.1. The Bertz CT molecular complexity index is 1290. The predicted octanol–water partition coefficient (Wildman–Crippen LogP) is 5.21. The number of thioether (sulfide) groups is 1. The lowest BCUT2D eigenvalue weighted by molar-refractivity contribution is -0.115. The maximum absolute atomic E-state index is 13.4. The third-order valence-electron chi connectivity index (χ3n) is 5.26. The summed E-state index contributed by atoms with van der Waals surface area (Å²) in [6.07, 6.45) is 1.70. The first-order valence-electron chi connectivity index (χ1n) is 10.9. The fourth-order valence-corrected chi connectivity index (χ4v) is 4.40. The van der Waals surface area contributed by atoms with Crippen molar-refractivity contribution in [1.82, 2.24) is 0 Å². The summed E-state index contributed by atoms with van der Waals surface area (Å²) in [5, 5.41) is 2.80. The number of para-hydroxylation sites is 2. The minimum absolute atomic E-state index is 0.214. The Kier molecular flexibility index (Phi) is 7.52. The van der Waals surface area contributed by atoms with E-state index in [9.17, 15) is 9.59 Å². The van der Waals surface area contributed by atoms with E-state index in [-0.39, 0.29) is 17.5 Å². The van der Waals surface area contributed by atoms with E-state index < -0.39 is 5.25 Å². The molecule has 7 nitrogen and oxygen atoms in total. The second kappa shape index (κ2) is 10.9. The summed E-state index contributed by atoms with van der Waals surface area (Å²) in [6.45, 7) is 1.78. The molecule has 1 aliphatic heterocycles. The van der Waals surface area contributed by atoms with Crippen molar-refractivity contribution in [1.29, 1.82) is 0 Å². The molecule has 0 bridgehead atoms. The molecule has 0 saturated heterocycles. The number of nitrogens with one attached hydrogen (secondary N) is 1. The van der Waals surface area contributed by atoms with Crippen LogP contribution in [0.15, 0.2) is 89.6 Å². The maximum atomic E-state index is 13.4. The van der Waals surface area contributed by atoms with Crippen LogP contribution in [0.1, 0.15) is 12.5 Å². The van der Waals surface area contributed by atoms with Gasteiger partial charge in [-0.2, -0.15) is 0 Å². The lowest BCUT2D eigenvalue weighted by Crippen LogP contribution is -2.33. The summed E-state index contributed by atoms with van der Waals surface area (Å²) in [4.78, 5) is 32.5. The highest BCUT2D eigenvalue weighted by molar-refractivity contribution is 8.15. The minimum Gasteiger partial charge on any atom is -0.497 e. The van der Waals surface area contributed by atoms with Gasteiger partial charge in [-0.3, -0.25) is 14.5 Å². The smallest absolute Gasteiger partial charge is 0.283 e. The van der Waals surface area contributed by atoms with Crippen LogP contribution >= 0.6 is 11.8 Å². The Morgan fingerprint density at radius 2 is 1.74 bits per heavy atom. The van der Waals surface area contributed by atoms with Crippen molar-refractivity contribution in [3.63, 3.8) is 0 Å². The van der Waals surface area contributed by atoms with Gasteiger partial charge in [-0.15, -0.1) is 0 Å². The zero-order valence-corrected chi connectivity index (χ0v) is 20.4. The van der Waals surface area contributed by atoms with Gasteiger partial charge in [0.1, 0.15) is 17.2 Å².